The summed E-state index contributed by atoms with van der Waals surface area (Å²) in [7, 11) is -3.37. The molecule has 5 rings (SSSR count). The molecule has 2 N–H and O–H groups in total. The quantitative estimate of drug-likeness (QED) is 0.753. The summed E-state index contributed by atoms with van der Waals surface area (Å²) in [6, 6.07) is 1.56. The van der Waals surface area contributed by atoms with Crippen LogP contribution in [0, 0.1) is 28.6 Å². The third-order valence-corrected chi connectivity index (χ3v) is 11.0. The molecule has 0 radical (unpaired) electrons. The highest BCUT2D eigenvalue weighted by Gasteiger charge is 2.62. The molecule has 1 heterocycles. The average molecular weight is 409 g/mol. The molecule has 4 saturated carbocycles. The number of carbonyl (C=O) groups is 1. The molecule has 5 aliphatic rings. The molecule has 0 aromatic carbocycles. The van der Waals surface area contributed by atoms with E-state index in [4.69, 9.17) is 0 Å². The fourth-order valence-corrected chi connectivity index (χ4v) is 9.02. The molecule has 0 bridgehead atoms. The zero-order chi connectivity index (χ0) is 19.9. The summed E-state index contributed by atoms with van der Waals surface area (Å²) in [6.45, 7) is 4.81. The molecule has 3 unspecified atom stereocenters. The van der Waals surface area contributed by atoms with Gasteiger partial charge in [-0.05, 0) is 86.4 Å². The Morgan fingerprint density at radius 2 is 1.68 bits per heavy atom. The molecular formula is C22H36N2O3S. The Morgan fingerprint density at radius 1 is 0.964 bits per heavy atom. The first-order valence-electron chi connectivity index (χ1n) is 11.4. The van der Waals surface area contributed by atoms with E-state index in [9.17, 15) is 13.2 Å². The van der Waals surface area contributed by atoms with Crippen LogP contribution in [0.15, 0.2) is 0 Å². The van der Waals surface area contributed by atoms with Gasteiger partial charge in [0.25, 0.3) is 0 Å². The standard InChI is InChI=1S/C22H36N2O3S/c1-21-11-10-16-14(15(21)7-9-18(21)23-13-4-5-13)6-8-19-22(16,2)12-17(20(25)24-19)28(3,26)27/h13-19,23H,4-12H2,1-3H3,(H,24,25)/t14-,15-,16+,17?,18?,19?,21-,22+/m0/s1. The maximum absolute atomic E-state index is 12.5. The Morgan fingerprint density at radius 3 is 2.36 bits per heavy atom. The van der Waals surface area contributed by atoms with Gasteiger partial charge in [-0.15, -0.1) is 0 Å². The van der Waals surface area contributed by atoms with E-state index in [-0.39, 0.29) is 17.4 Å². The fraction of sp³-hybridized carbons (Fsp3) is 0.955. The minimum Gasteiger partial charge on any atom is -0.352 e. The van der Waals surface area contributed by atoms with Gasteiger partial charge in [0.2, 0.25) is 5.91 Å². The number of hydrogen-bond acceptors (Lipinski definition) is 4. The van der Waals surface area contributed by atoms with Crippen LogP contribution in [-0.4, -0.2) is 44.0 Å². The monoisotopic (exact) mass is 408 g/mol. The number of hydrogen-bond donors (Lipinski definition) is 2. The third-order valence-electron chi connectivity index (χ3n) is 9.63. The van der Waals surface area contributed by atoms with Crippen molar-refractivity contribution < 1.29 is 13.2 Å². The second kappa shape index (κ2) is 6.19. The third kappa shape index (κ3) is 2.80. The van der Waals surface area contributed by atoms with E-state index in [1.807, 2.05) is 0 Å². The van der Waals surface area contributed by atoms with Gasteiger partial charge in [-0.1, -0.05) is 13.8 Å². The molecule has 8 atom stereocenters. The number of fused-ring (bicyclic) bond motifs is 5. The highest BCUT2D eigenvalue weighted by molar-refractivity contribution is 7.92. The van der Waals surface area contributed by atoms with Gasteiger partial charge in [0.05, 0.1) is 0 Å². The van der Waals surface area contributed by atoms with E-state index >= 15 is 0 Å². The second-order valence-corrected chi connectivity index (χ2v) is 13.4. The number of nitrogens with one attached hydrogen (secondary N) is 2. The van der Waals surface area contributed by atoms with Crippen LogP contribution in [-0.2, 0) is 14.6 Å². The highest BCUT2D eigenvalue weighted by atomic mass is 32.2. The predicted octanol–water partition coefficient (Wildman–Crippen LogP) is 2.65. The Hall–Kier alpha value is -0.620. The van der Waals surface area contributed by atoms with Crippen LogP contribution in [0.5, 0.6) is 0 Å². The van der Waals surface area contributed by atoms with Crippen molar-refractivity contribution in [3.63, 3.8) is 0 Å². The van der Waals surface area contributed by atoms with Gasteiger partial charge < -0.3 is 10.6 Å². The Labute approximate surface area is 169 Å². The van der Waals surface area contributed by atoms with Crippen molar-refractivity contribution in [2.24, 2.45) is 28.6 Å². The molecule has 5 nitrogen and oxygen atoms in total. The lowest BCUT2D eigenvalue weighted by atomic mass is 9.47. The number of sulfone groups is 1. The van der Waals surface area contributed by atoms with Crippen molar-refractivity contribution in [1.82, 2.24) is 10.6 Å². The van der Waals surface area contributed by atoms with Crippen LogP contribution < -0.4 is 10.6 Å². The lowest BCUT2D eigenvalue weighted by Gasteiger charge is -2.60. The molecule has 0 spiro atoms. The zero-order valence-corrected chi connectivity index (χ0v) is 18.4. The molecule has 5 fully saturated rings. The topological polar surface area (TPSA) is 75.3 Å². The summed E-state index contributed by atoms with van der Waals surface area (Å²) in [5, 5.41) is 6.21. The minimum atomic E-state index is -3.37. The maximum atomic E-state index is 12.5. The van der Waals surface area contributed by atoms with E-state index in [2.05, 4.69) is 24.5 Å². The van der Waals surface area contributed by atoms with Crippen LogP contribution in [0.3, 0.4) is 0 Å². The lowest BCUT2D eigenvalue weighted by molar-refractivity contribution is -0.135. The lowest BCUT2D eigenvalue weighted by Crippen LogP contribution is -2.65. The maximum Gasteiger partial charge on any atom is 0.238 e. The first kappa shape index (κ1) is 19.3. The van der Waals surface area contributed by atoms with Crippen LogP contribution in [0.4, 0.5) is 0 Å². The summed E-state index contributed by atoms with van der Waals surface area (Å²) < 4.78 is 24.6. The van der Waals surface area contributed by atoms with Gasteiger partial charge in [-0.2, -0.15) is 0 Å². The fourth-order valence-electron chi connectivity index (χ4n) is 7.90. The summed E-state index contributed by atoms with van der Waals surface area (Å²) in [6.07, 6.45) is 11.6. The number of rotatable bonds is 3. The predicted molar refractivity (Wildman–Crippen MR) is 110 cm³/mol. The van der Waals surface area contributed by atoms with Gasteiger partial charge in [0.1, 0.15) is 5.25 Å². The Bertz CT molecular complexity index is 779. The minimum absolute atomic E-state index is 0.0894. The largest absolute Gasteiger partial charge is 0.352 e. The van der Waals surface area contributed by atoms with E-state index in [0.717, 1.165) is 18.4 Å². The number of piperidine rings is 1. The summed E-state index contributed by atoms with van der Waals surface area (Å²) in [5.41, 5.74) is 0.301. The van der Waals surface area contributed by atoms with Gasteiger partial charge in [0.15, 0.2) is 9.84 Å². The number of amides is 1. The summed E-state index contributed by atoms with van der Waals surface area (Å²) >= 11 is 0. The zero-order valence-electron chi connectivity index (χ0n) is 17.5. The molecular weight excluding hydrogens is 372 g/mol. The van der Waals surface area contributed by atoms with Crippen LogP contribution >= 0.6 is 0 Å². The Kier molecular flexibility index (Phi) is 4.28. The van der Waals surface area contributed by atoms with E-state index in [1.54, 1.807) is 0 Å². The Balaban J connectivity index is 1.42. The smallest absolute Gasteiger partial charge is 0.238 e. The van der Waals surface area contributed by atoms with Crippen molar-refractivity contribution in [3.8, 4) is 0 Å². The molecule has 0 aromatic rings. The van der Waals surface area contributed by atoms with Crippen LogP contribution in [0.2, 0.25) is 0 Å². The molecule has 6 heteroatoms. The van der Waals surface area contributed by atoms with Gasteiger partial charge in [0, 0.05) is 24.4 Å². The normalized spacial score (nSPS) is 51.0. The molecule has 0 aromatic heterocycles. The molecule has 158 valence electrons. The number of carbonyl (C=O) groups excluding carboxylic acids is 1. The summed E-state index contributed by atoms with van der Waals surface area (Å²) in [4.78, 5) is 12.5. The van der Waals surface area contributed by atoms with Crippen molar-refractivity contribution in [2.75, 3.05) is 6.26 Å². The van der Waals surface area contributed by atoms with Crippen molar-refractivity contribution in [3.05, 3.63) is 0 Å². The van der Waals surface area contributed by atoms with Crippen molar-refractivity contribution in [2.45, 2.75) is 95.0 Å². The molecule has 1 saturated heterocycles. The summed E-state index contributed by atoms with van der Waals surface area (Å²) in [5.74, 6) is 1.70. The van der Waals surface area contributed by atoms with Crippen LogP contribution in [0.1, 0.15) is 71.6 Å². The van der Waals surface area contributed by atoms with E-state index in [1.165, 1.54) is 51.2 Å². The van der Waals surface area contributed by atoms with Crippen molar-refractivity contribution >= 4 is 15.7 Å². The molecule has 28 heavy (non-hydrogen) atoms. The van der Waals surface area contributed by atoms with Gasteiger partial charge in [-0.25, -0.2) is 8.42 Å². The second-order valence-electron chi connectivity index (χ2n) is 11.2. The molecule has 1 amide bonds. The van der Waals surface area contributed by atoms with E-state index < -0.39 is 15.1 Å². The molecule has 1 aliphatic heterocycles. The highest BCUT2D eigenvalue weighted by Crippen LogP contribution is 2.64. The van der Waals surface area contributed by atoms with Crippen LogP contribution in [0.25, 0.3) is 0 Å². The first-order chi connectivity index (χ1) is 13.1. The SMILES string of the molecule is C[C@]12CC(S(C)(=O)=O)C(=O)NC1CC[C@@H]1[C@H]2CC[C@]2(C)C(NC3CC3)CC[C@@H]12. The van der Waals surface area contributed by atoms with E-state index in [0.29, 0.717) is 29.7 Å². The van der Waals surface area contributed by atoms with Crippen molar-refractivity contribution in [1.29, 1.82) is 0 Å². The van der Waals surface area contributed by atoms with Gasteiger partial charge >= 0.3 is 0 Å². The average Bonchev–Trinajstić information content (AvgIpc) is 3.36. The van der Waals surface area contributed by atoms with Gasteiger partial charge in [-0.3, -0.25) is 4.79 Å². The molecule has 4 aliphatic carbocycles. The first-order valence-corrected chi connectivity index (χ1v) is 13.3.